The Morgan fingerprint density at radius 1 is 1.12 bits per heavy atom. The Hall–Kier alpha value is -2.02. The Morgan fingerprint density at radius 3 is 2.42 bits per heavy atom. The summed E-state index contributed by atoms with van der Waals surface area (Å²) < 4.78 is 16.0. The fraction of sp³-hybridized carbons (Fsp3) is 0.632. The first-order valence-electron chi connectivity index (χ1n) is 9.44. The molecule has 1 fully saturated rings. The number of para-hydroxylation sites is 1. The molecule has 26 heavy (non-hydrogen) atoms. The van der Waals surface area contributed by atoms with Crippen LogP contribution in [-0.2, 0) is 5.54 Å². The van der Waals surface area contributed by atoms with Gasteiger partial charge in [0, 0.05) is 26.2 Å². The Bertz CT molecular complexity index is 715. The van der Waals surface area contributed by atoms with E-state index in [0.29, 0.717) is 5.69 Å². The molecule has 0 N–H and O–H groups in total. The van der Waals surface area contributed by atoms with Gasteiger partial charge < -0.3 is 4.90 Å². The van der Waals surface area contributed by atoms with Gasteiger partial charge >= 0.3 is 0 Å². The maximum absolute atomic E-state index is 14.1. The number of tetrazole rings is 1. The van der Waals surface area contributed by atoms with Crippen LogP contribution in [0.25, 0.3) is 0 Å². The normalized spacial score (nSPS) is 17.5. The third-order valence-electron chi connectivity index (χ3n) is 4.94. The van der Waals surface area contributed by atoms with Crippen molar-refractivity contribution in [1.82, 2.24) is 25.1 Å². The molecule has 1 aromatic heterocycles. The highest BCUT2D eigenvalue weighted by atomic mass is 19.1. The molecule has 1 aliphatic rings. The molecule has 3 rings (SSSR count). The quantitative estimate of drug-likeness (QED) is 0.819. The summed E-state index contributed by atoms with van der Waals surface area (Å²) in [4.78, 5) is 4.57. The number of aromatic nitrogens is 4. The van der Waals surface area contributed by atoms with Gasteiger partial charge in [-0.05, 0) is 49.8 Å². The van der Waals surface area contributed by atoms with Crippen molar-refractivity contribution in [1.29, 1.82) is 0 Å². The zero-order valence-electron chi connectivity index (χ0n) is 16.2. The minimum absolute atomic E-state index is 0.150. The second kappa shape index (κ2) is 7.70. The van der Waals surface area contributed by atoms with Gasteiger partial charge in [0.25, 0.3) is 0 Å². The average molecular weight is 360 g/mol. The van der Waals surface area contributed by atoms with Gasteiger partial charge in [0.15, 0.2) is 5.82 Å². The molecule has 1 aliphatic heterocycles. The smallest absolute Gasteiger partial charge is 0.168 e. The van der Waals surface area contributed by atoms with Crippen LogP contribution in [-0.4, -0.2) is 51.3 Å². The summed E-state index contributed by atoms with van der Waals surface area (Å²) in [6.45, 7) is 11.9. The van der Waals surface area contributed by atoms with Crippen molar-refractivity contribution in [2.45, 2.75) is 52.1 Å². The first kappa shape index (κ1) is 18.8. The predicted octanol–water partition coefficient (Wildman–Crippen LogP) is 3.23. The Kier molecular flexibility index (Phi) is 5.55. The fourth-order valence-electron chi connectivity index (χ4n) is 3.61. The zero-order valence-corrected chi connectivity index (χ0v) is 16.2. The maximum atomic E-state index is 14.1. The second-order valence-electron chi connectivity index (χ2n) is 7.90. The van der Waals surface area contributed by atoms with E-state index < -0.39 is 0 Å². The monoisotopic (exact) mass is 360 g/mol. The Labute approximate surface area is 155 Å². The molecule has 0 bridgehead atoms. The summed E-state index contributed by atoms with van der Waals surface area (Å²) in [5.41, 5.74) is 0.540. The number of rotatable bonds is 5. The number of benzene rings is 1. The minimum Gasteiger partial charge on any atom is -0.367 e. The van der Waals surface area contributed by atoms with E-state index in [4.69, 9.17) is 0 Å². The fourth-order valence-corrected chi connectivity index (χ4v) is 3.61. The molecular weight excluding hydrogens is 331 g/mol. The van der Waals surface area contributed by atoms with E-state index in [0.717, 1.165) is 44.8 Å². The molecule has 6 nitrogen and oxygen atoms in total. The topological polar surface area (TPSA) is 50.1 Å². The van der Waals surface area contributed by atoms with Crippen LogP contribution in [0.2, 0.25) is 0 Å². The van der Waals surface area contributed by atoms with Gasteiger partial charge in [0.1, 0.15) is 5.82 Å². The van der Waals surface area contributed by atoms with Crippen molar-refractivity contribution in [2.75, 3.05) is 31.1 Å². The van der Waals surface area contributed by atoms with E-state index in [-0.39, 0.29) is 17.4 Å². The van der Waals surface area contributed by atoms with Gasteiger partial charge in [-0.15, -0.1) is 5.10 Å². The summed E-state index contributed by atoms with van der Waals surface area (Å²) in [6, 6.07) is 7.20. The molecule has 7 heteroatoms. The zero-order chi connectivity index (χ0) is 18.7. The van der Waals surface area contributed by atoms with Crippen LogP contribution in [0.1, 0.15) is 52.4 Å². The summed E-state index contributed by atoms with van der Waals surface area (Å²) in [6.07, 6.45) is 2.07. The first-order valence-corrected chi connectivity index (χ1v) is 9.44. The molecule has 142 valence electrons. The highest BCUT2D eigenvalue weighted by molar-refractivity contribution is 5.48. The van der Waals surface area contributed by atoms with E-state index in [9.17, 15) is 4.39 Å². The van der Waals surface area contributed by atoms with E-state index >= 15 is 0 Å². The summed E-state index contributed by atoms with van der Waals surface area (Å²) in [7, 11) is 0. The number of anilines is 1. The lowest BCUT2D eigenvalue weighted by Crippen LogP contribution is -2.48. The Balaban J connectivity index is 1.76. The molecule has 0 saturated carbocycles. The molecule has 1 atom stereocenters. The molecule has 2 aromatic rings. The number of halogens is 1. The van der Waals surface area contributed by atoms with Crippen molar-refractivity contribution in [3.63, 3.8) is 0 Å². The molecule has 1 saturated heterocycles. The van der Waals surface area contributed by atoms with Crippen LogP contribution in [0.5, 0.6) is 0 Å². The molecule has 0 aliphatic carbocycles. The summed E-state index contributed by atoms with van der Waals surface area (Å²) >= 11 is 0. The molecule has 0 radical (unpaired) electrons. The molecule has 0 spiro atoms. The molecule has 0 unspecified atom stereocenters. The van der Waals surface area contributed by atoms with Gasteiger partial charge in [0.05, 0.1) is 17.3 Å². The molecular formula is C19H29FN6. The van der Waals surface area contributed by atoms with Crippen molar-refractivity contribution in [3.05, 3.63) is 35.9 Å². The molecule has 2 heterocycles. The lowest BCUT2D eigenvalue weighted by Gasteiger charge is -2.40. The number of hydrogen-bond acceptors (Lipinski definition) is 5. The Morgan fingerprint density at radius 2 is 1.81 bits per heavy atom. The summed E-state index contributed by atoms with van der Waals surface area (Å²) in [5.74, 6) is 0.779. The first-order chi connectivity index (χ1) is 12.4. The van der Waals surface area contributed by atoms with Gasteiger partial charge in [-0.1, -0.05) is 25.5 Å². The van der Waals surface area contributed by atoms with E-state index in [1.807, 2.05) is 16.8 Å². The molecule has 1 aromatic carbocycles. The van der Waals surface area contributed by atoms with Gasteiger partial charge in [0.2, 0.25) is 0 Å². The van der Waals surface area contributed by atoms with Crippen molar-refractivity contribution in [2.24, 2.45) is 0 Å². The van der Waals surface area contributed by atoms with Gasteiger partial charge in [-0.3, -0.25) is 4.90 Å². The molecule has 0 amide bonds. The number of nitrogens with zero attached hydrogens (tertiary/aromatic N) is 6. The van der Waals surface area contributed by atoms with Crippen LogP contribution in [0, 0.1) is 5.82 Å². The average Bonchev–Trinajstić information content (AvgIpc) is 3.10. The largest absolute Gasteiger partial charge is 0.367 e. The second-order valence-corrected chi connectivity index (χ2v) is 7.90. The van der Waals surface area contributed by atoms with Crippen molar-refractivity contribution >= 4 is 5.69 Å². The number of piperazine rings is 1. The van der Waals surface area contributed by atoms with Crippen LogP contribution < -0.4 is 4.90 Å². The highest BCUT2D eigenvalue weighted by Gasteiger charge is 2.31. The number of hydrogen-bond donors (Lipinski definition) is 0. The maximum Gasteiger partial charge on any atom is 0.168 e. The lowest BCUT2D eigenvalue weighted by molar-refractivity contribution is 0.156. The van der Waals surface area contributed by atoms with Crippen LogP contribution in [0.3, 0.4) is 0 Å². The van der Waals surface area contributed by atoms with Gasteiger partial charge in [-0.2, -0.15) is 0 Å². The predicted molar refractivity (Wildman–Crippen MR) is 101 cm³/mol. The minimum atomic E-state index is -0.153. The third-order valence-corrected chi connectivity index (χ3v) is 4.94. The van der Waals surface area contributed by atoms with Crippen molar-refractivity contribution < 1.29 is 4.39 Å². The van der Waals surface area contributed by atoms with E-state index in [2.05, 4.69) is 53.0 Å². The van der Waals surface area contributed by atoms with Crippen LogP contribution in [0.15, 0.2) is 24.3 Å². The highest BCUT2D eigenvalue weighted by Crippen LogP contribution is 2.29. The summed E-state index contributed by atoms with van der Waals surface area (Å²) in [5, 5.41) is 12.5. The van der Waals surface area contributed by atoms with E-state index in [1.54, 1.807) is 6.07 Å². The van der Waals surface area contributed by atoms with Crippen molar-refractivity contribution in [3.8, 4) is 0 Å². The SMILES string of the molecule is CCC[C@@H](c1nnnn1C(C)(C)C)N1CCN(c2ccccc2F)CC1. The lowest BCUT2D eigenvalue weighted by atomic mass is 10.0. The third kappa shape index (κ3) is 3.87. The van der Waals surface area contributed by atoms with Crippen LogP contribution in [0.4, 0.5) is 10.1 Å². The van der Waals surface area contributed by atoms with Gasteiger partial charge in [-0.25, -0.2) is 9.07 Å². The van der Waals surface area contributed by atoms with E-state index in [1.165, 1.54) is 6.07 Å². The standard InChI is InChI=1S/C19H29FN6/c1-5-8-17(18-21-22-23-26(18)19(2,3)4)25-13-11-24(12-14-25)16-10-7-6-9-15(16)20/h6-7,9-10,17H,5,8,11-14H2,1-4H3/t17-/m0/s1. The van der Waals surface area contributed by atoms with Crippen LogP contribution >= 0.6 is 0 Å².